The summed E-state index contributed by atoms with van der Waals surface area (Å²) in [6, 6.07) is -2.06. The number of tetrazole rings is 1. The molecule has 4 N–H and O–H groups in total. The fraction of sp³-hybridized carbons (Fsp3) is 0.625. The highest BCUT2D eigenvalue weighted by molar-refractivity contribution is 7.90. The molecule has 1 unspecified atom stereocenters. The predicted molar refractivity (Wildman–Crippen MR) is 65.3 cm³/mol. The van der Waals surface area contributed by atoms with Crippen LogP contribution in [0, 0.1) is 0 Å². The van der Waals surface area contributed by atoms with E-state index in [4.69, 9.17) is 5.11 Å². The third-order valence-corrected chi connectivity index (χ3v) is 3.15. The Bertz CT molecular complexity index is 556. The zero-order chi connectivity index (χ0) is 15.2. The largest absolute Gasteiger partial charge is 0.480 e. The highest BCUT2D eigenvalue weighted by Gasteiger charge is 2.21. The maximum atomic E-state index is 11.5. The lowest BCUT2D eigenvalue weighted by atomic mass is 10.2. The Balaban J connectivity index is 2.44. The maximum absolute atomic E-state index is 11.5. The maximum Gasteiger partial charge on any atom is 0.326 e. The van der Waals surface area contributed by atoms with E-state index in [1.54, 1.807) is 0 Å². The van der Waals surface area contributed by atoms with Gasteiger partial charge in [0, 0.05) is 6.26 Å². The first-order valence-corrected chi connectivity index (χ1v) is 7.51. The van der Waals surface area contributed by atoms with E-state index in [0.717, 1.165) is 6.26 Å². The molecule has 0 fully saturated rings. The third kappa shape index (κ3) is 6.08. The molecule has 0 bridgehead atoms. The van der Waals surface area contributed by atoms with Crippen LogP contribution in [-0.2, 0) is 21.2 Å². The van der Waals surface area contributed by atoms with E-state index in [9.17, 15) is 18.0 Å². The van der Waals surface area contributed by atoms with Gasteiger partial charge in [-0.3, -0.25) is 0 Å². The summed E-state index contributed by atoms with van der Waals surface area (Å²) >= 11 is 0. The Morgan fingerprint density at radius 3 is 2.65 bits per heavy atom. The average molecular weight is 306 g/mol. The first-order chi connectivity index (χ1) is 9.28. The molecule has 0 saturated carbocycles. The van der Waals surface area contributed by atoms with Crippen molar-refractivity contribution in [2.75, 3.05) is 12.0 Å². The minimum atomic E-state index is -3.30. The van der Waals surface area contributed by atoms with Gasteiger partial charge in [0.15, 0.2) is 5.82 Å². The third-order valence-electron chi connectivity index (χ3n) is 2.18. The average Bonchev–Trinajstić information content (AvgIpc) is 2.83. The molecule has 20 heavy (non-hydrogen) atoms. The number of nitrogens with zero attached hydrogens (tertiary/aromatic N) is 3. The first kappa shape index (κ1) is 15.8. The summed E-state index contributed by atoms with van der Waals surface area (Å²) in [6.45, 7) is -0.0409. The molecule has 2 amide bonds. The molecule has 0 aliphatic carbocycles. The molecule has 1 aromatic rings. The molecule has 11 nitrogen and oxygen atoms in total. The Labute approximate surface area is 114 Å². The number of H-pyrrole nitrogens is 1. The van der Waals surface area contributed by atoms with Gasteiger partial charge in [0.1, 0.15) is 15.9 Å². The summed E-state index contributed by atoms with van der Waals surface area (Å²) < 4.78 is 22.0. The van der Waals surface area contributed by atoms with Crippen molar-refractivity contribution in [1.82, 2.24) is 31.3 Å². The van der Waals surface area contributed by atoms with Gasteiger partial charge in [0.2, 0.25) is 0 Å². The predicted octanol–water partition coefficient (Wildman–Crippen LogP) is -2.11. The van der Waals surface area contributed by atoms with Crippen molar-refractivity contribution in [1.29, 1.82) is 0 Å². The number of urea groups is 1. The van der Waals surface area contributed by atoms with E-state index in [2.05, 4.69) is 31.3 Å². The van der Waals surface area contributed by atoms with Crippen LogP contribution in [0.15, 0.2) is 0 Å². The van der Waals surface area contributed by atoms with E-state index in [1.165, 1.54) is 0 Å². The van der Waals surface area contributed by atoms with Crippen molar-refractivity contribution in [3.05, 3.63) is 5.82 Å². The number of hydrogen-bond donors (Lipinski definition) is 4. The summed E-state index contributed by atoms with van der Waals surface area (Å²) in [6.07, 6.45) is 0.770. The van der Waals surface area contributed by atoms with E-state index < -0.39 is 27.9 Å². The quantitative estimate of drug-likeness (QED) is 0.443. The summed E-state index contributed by atoms with van der Waals surface area (Å²) in [5.74, 6) is -1.43. The number of amides is 2. The van der Waals surface area contributed by atoms with Gasteiger partial charge in [-0.2, -0.15) is 5.21 Å². The number of nitrogens with one attached hydrogen (secondary N) is 3. The normalized spacial score (nSPS) is 12.7. The Kier molecular flexibility index (Phi) is 5.37. The second-order valence-electron chi connectivity index (χ2n) is 3.96. The molecule has 1 heterocycles. The molecule has 1 aromatic heterocycles. The van der Waals surface area contributed by atoms with Crippen LogP contribution in [-0.4, -0.2) is 64.2 Å². The number of sulfone groups is 1. The first-order valence-electron chi connectivity index (χ1n) is 5.45. The molecule has 0 saturated heterocycles. The van der Waals surface area contributed by atoms with E-state index in [1.807, 2.05) is 0 Å². The van der Waals surface area contributed by atoms with Crippen LogP contribution < -0.4 is 10.6 Å². The molecule has 0 radical (unpaired) electrons. The van der Waals surface area contributed by atoms with Crippen molar-refractivity contribution < 1.29 is 23.1 Å². The number of rotatable bonds is 7. The fourth-order valence-corrected chi connectivity index (χ4v) is 1.88. The van der Waals surface area contributed by atoms with Crippen LogP contribution in [0.3, 0.4) is 0 Å². The number of carbonyl (C=O) groups is 2. The standard InChI is InChI=1S/C8H14N6O5S/c1-20(18,19)3-2-5(7(15)16)10-8(17)9-4-6-11-13-14-12-6/h5H,2-4H2,1H3,(H,15,16)(H2,9,10,17)(H,11,12,13,14). The molecule has 1 rings (SSSR count). The number of carbonyl (C=O) groups excluding carboxylic acids is 1. The molecule has 112 valence electrons. The SMILES string of the molecule is CS(=O)(=O)CCC(NC(=O)NCc1nn[nH]n1)C(=O)O. The van der Waals surface area contributed by atoms with Gasteiger partial charge in [0.25, 0.3) is 0 Å². The monoisotopic (exact) mass is 306 g/mol. The van der Waals surface area contributed by atoms with Crippen LogP contribution >= 0.6 is 0 Å². The number of aliphatic carboxylic acids is 1. The molecule has 0 aromatic carbocycles. The minimum Gasteiger partial charge on any atom is -0.480 e. The van der Waals surface area contributed by atoms with Gasteiger partial charge in [-0.05, 0) is 6.42 Å². The molecular formula is C8H14N6O5S. The summed E-state index contributed by atoms with van der Waals surface area (Å²) in [7, 11) is -3.30. The molecule has 12 heteroatoms. The Morgan fingerprint density at radius 2 is 2.15 bits per heavy atom. The second kappa shape index (κ2) is 6.79. The smallest absolute Gasteiger partial charge is 0.326 e. The number of carboxylic acid groups (broad SMARTS) is 1. The fourth-order valence-electron chi connectivity index (χ4n) is 1.22. The lowest BCUT2D eigenvalue weighted by Crippen LogP contribution is -2.46. The Hall–Kier alpha value is -2.24. The molecule has 0 aliphatic heterocycles. The lowest BCUT2D eigenvalue weighted by molar-refractivity contribution is -0.139. The van der Waals surface area contributed by atoms with E-state index >= 15 is 0 Å². The molecule has 0 aliphatic rings. The molecule has 0 spiro atoms. The van der Waals surface area contributed by atoms with Crippen molar-refractivity contribution in [2.24, 2.45) is 0 Å². The number of aromatic nitrogens is 4. The van der Waals surface area contributed by atoms with Crippen LogP contribution in [0.5, 0.6) is 0 Å². The highest BCUT2D eigenvalue weighted by Crippen LogP contribution is 1.97. The van der Waals surface area contributed by atoms with Gasteiger partial charge >= 0.3 is 12.0 Å². The van der Waals surface area contributed by atoms with Crippen molar-refractivity contribution >= 4 is 21.8 Å². The van der Waals surface area contributed by atoms with Gasteiger partial charge in [-0.25, -0.2) is 18.0 Å². The van der Waals surface area contributed by atoms with Crippen LogP contribution in [0.25, 0.3) is 0 Å². The zero-order valence-corrected chi connectivity index (χ0v) is 11.3. The summed E-state index contributed by atoms with van der Waals surface area (Å²) in [5.41, 5.74) is 0. The molecule has 1 atom stereocenters. The lowest BCUT2D eigenvalue weighted by Gasteiger charge is -2.14. The van der Waals surface area contributed by atoms with E-state index in [-0.39, 0.29) is 24.5 Å². The highest BCUT2D eigenvalue weighted by atomic mass is 32.2. The van der Waals surface area contributed by atoms with Gasteiger partial charge < -0.3 is 15.7 Å². The number of carboxylic acids is 1. The van der Waals surface area contributed by atoms with Crippen LogP contribution in [0.1, 0.15) is 12.2 Å². The van der Waals surface area contributed by atoms with Crippen molar-refractivity contribution in [3.8, 4) is 0 Å². The van der Waals surface area contributed by atoms with Gasteiger partial charge in [-0.15, -0.1) is 10.2 Å². The summed E-state index contributed by atoms with van der Waals surface area (Å²) in [5, 5.41) is 26.0. The van der Waals surface area contributed by atoms with Crippen LogP contribution in [0.4, 0.5) is 4.79 Å². The van der Waals surface area contributed by atoms with Crippen molar-refractivity contribution in [2.45, 2.75) is 19.0 Å². The van der Waals surface area contributed by atoms with Crippen molar-refractivity contribution in [3.63, 3.8) is 0 Å². The zero-order valence-electron chi connectivity index (χ0n) is 10.5. The topological polar surface area (TPSA) is 167 Å². The van der Waals surface area contributed by atoms with Gasteiger partial charge in [-0.1, -0.05) is 5.21 Å². The summed E-state index contributed by atoms with van der Waals surface area (Å²) in [4.78, 5) is 22.4. The molecular weight excluding hydrogens is 292 g/mol. The van der Waals surface area contributed by atoms with Crippen LogP contribution in [0.2, 0.25) is 0 Å². The number of hydrogen-bond acceptors (Lipinski definition) is 7. The minimum absolute atomic E-state index is 0.0409. The van der Waals surface area contributed by atoms with Gasteiger partial charge in [0.05, 0.1) is 12.3 Å². The number of aromatic amines is 1. The Morgan fingerprint density at radius 1 is 1.45 bits per heavy atom. The second-order valence-corrected chi connectivity index (χ2v) is 6.22. The van der Waals surface area contributed by atoms with E-state index in [0.29, 0.717) is 0 Å².